The van der Waals surface area contributed by atoms with Gasteiger partial charge in [0.2, 0.25) is 5.84 Å². The van der Waals surface area contributed by atoms with E-state index in [1.165, 1.54) is 24.4 Å². The standard InChI is InChI=1S/C7H12N4O2/c1-7(2,13-3)6(10-12)11-5-8-4-9-11/h4-5,12H,1-3H3/b10-6-. The average molecular weight is 184 g/mol. The molecule has 0 fully saturated rings. The first-order valence-corrected chi connectivity index (χ1v) is 3.74. The molecule has 1 rings (SSSR count). The quantitative estimate of drug-likeness (QED) is 0.311. The van der Waals surface area contributed by atoms with Gasteiger partial charge < -0.3 is 9.94 Å². The molecule has 0 radical (unpaired) electrons. The van der Waals surface area contributed by atoms with E-state index in [2.05, 4.69) is 15.2 Å². The van der Waals surface area contributed by atoms with Crippen LogP contribution in [0.5, 0.6) is 0 Å². The molecule has 0 saturated heterocycles. The average Bonchev–Trinajstić information content (AvgIpc) is 2.58. The van der Waals surface area contributed by atoms with Crippen molar-refractivity contribution in [1.82, 2.24) is 14.8 Å². The SMILES string of the molecule is COC(C)(C)/C(=N/O)n1cncn1. The Labute approximate surface area is 75.8 Å². The molecule has 1 aromatic heterocycles. The van der Waals surface area contributed by atoms with E-state index >= 15 is 0 Å². The van der Waals surface area contributed by atoms with Crippen molar-refractivity contribution in [3.8, 4) is 0 Å². The summed E-state index contributed by atoms with van der Waals surface area (Å²) in [4.78, 5) is 3.74. The zero-order valence-electron chi connectivity index (χ0n) is 7.80. The van der Waals surface area contributed by atoms with E-state index in [-0.39, 0.29) is 5.84 Å². The van der Waals surface area contributed by atoms with Crippen LogP contribution in [0.4, 0.5) is 0 Å². The van der Waals surface area contributed by atoms with Crippen molar-refractivity contribution in [1.29, 1.82) is 0 Å². The Balaban J connectivity index is 3.01. The van der Waals surface area contributed by atoms with Gasteiger partial charge in [-0.05, 0) is 13.8 Å². The summed E-state index contributed by atoms with van der Waals surface area (Å²) in [6, 6.07) is 0. The highest BCUT2D eigenvalue weighted by Gasteiger charge is 2.27. The van der Waals surface area contributed by atoms with Crippen LogP contribution in [0.15, 0.2) is 17.8 Å². The Kier molecular flexibility index (Phi) is 2.62. The van der Waals surface area contributed by atoms with Crippen molar-refractivity contribution >= 4 is 5.84 Å². The van der Waals surface area contributed by atoms with E-state index in [0.29, 0.717) is 0 Å². The molecule has 0 aliphatic rings. The normalized spacial score (nSPS) is 13.3. The highest BCUT2D eigenvalue weighted by atomic mass is 16.5. The zero-order chi connectivity index (χ0) is 9.90. The molecule has 0 saturated carbocycles. The number of methoxy groups -OCH3 is 1. The first-order valence-electron chi connectivity index (χ1n) is 3.74. The second-order valence-corrected chi connectivity index (χ2v) is 2.98. The Hall–Kier alpha value is -1.43. The summed E-state index contributed by atoms with van der Waals surface area (Å²) in [5.74, 6) is 0.285. The lowest BCUT2D eigenvalue weighted by Gasteiger charge is -2.22. The molecule has 13 heavy (non-hydrogen) atoms. The number of rotatable bonds is 2. The molecular weight excluding hydrogens is 172 g/mol. The predicted molar refractivity (Wildman–Crippen MR) is 45.7 cm³/mol. The maximum Gasteiger partial charge on any atom is 0.201 e. The minimum absolute atomic E-state index is 0.285. The highest BCUT2D eigenvalue weighted by molar-refractivity contribution is 5.90. The van der Waals surface area contributed by atoms with E-state index in [9.17, 15) is 0 Å². The van der Waals surface area contributed by atoms with Crippen LogP contribution in [0.3, 0.4) is 0 Å². The highest BCUT2D eigenvalue weighted by Crippen LogP contribution is 2.10. The van der Waals surface area contributed by atoms with Gasteiger partial charge in [0.1, 0.15) is 18.3 Å². The summed E-state index contributed by atoms with van der Waals surface area (Å²) in [6.45, 7) is 3.54. The summed E-state index contributed by atoms with van der Waals surface area (Å²) in [7, 11) is 1.53. The molecule has 0 spiro atoms. The van der Waals surface area contributed by atoms with Crippen LogP contribution >= 0.6 is 0 Å². The number of ether oxygens (including phenoxy) is 1. The van der Waals surface area contributed by atoms with Crippen LogP contribution in [0.25, 0.3) is 0 Å². The van der Waals surface area contributed by atoms with E-state index in [1.807, 2.05) is 0 Å². The minimum Gasteiger partial charge on any atom is -0.409 e. The first-order chi connectivity index (χ1) is 6.11. The second-order valence-electron chi connectivity index (χ2n) is 2.98. The molecule has 0 unspecified atom stereocenters. The van der Waals surface area contributed by atoms with Gasteiger partial charge >= 0.3 is 0 Å². The van der Waals surface area contributed by atoms with E-state index < -0.39 is 5.60 Å². The Bertz CT molecular complexity index is 291. The summed E-state index contributed by atoms with van der Waals surface area (Å²) in [5, 5.41) is 15.7. The van der Waals surface area contributed by atoms with E-state index in [4.69, 9.17) is 9.94 Å². The van der Waals surface area contributed by atoms with Gasteiger partial charge in [-0.3, -0.25) is 0 Å². The molecule has 0 bridgehead atoms. The van der Waals surface area contributed by atoms with Crippen molar-refractivity contribution < 1.29 is 9.94 Å². The van der Waals surface area contributed by atoms with Gasteiger partial charge in [-0.25, -0.2) is 9.67 Å². The topological polar surface area (TPSA) is 72.5 Å². The largest absolute Gasteiger partial charge is 0.409 e. The van der Waals surface area contributed by atoms with Crippen LogP contribution in [0.1, 0.15) is 13.8 Å². The maximum atomic E-state index is 8.78. The smallest absolute Gasteiger partial charge is 0.201 e. The molecule has 6 heteroatoms. The van der Waals surface area contributed by atoms with Crippen LogP contribution in [-0.2, 0) is 4.74 Å². The number of oxime groups is 1. The third-order valence-electron chi connectivity index (χ3n) is 1.78. The van der Waals surface area contributed by atoms with Crippen LogP contribution in [0, 0.1) is 0 Å². The van der Waals surface area contributed by atoms with Crippen LogP contribution < -0.4 is 0 Å². The van der Waals surface area contributed by atoms with Crippen molar-refractivity contribution in [3.63, 3.8) is 0 Å². The molecule has 0 aliphatic heterocycles. The Morgan fingerprint density at radius 2 is 2.31 bits per heavy atom. The fourth-order valence-electron chi connectivity index (χ4n) is 0.851. The molecule has 72 valence electrons. The molecule has 0 aliphatic carbocycles. The monoisotopic (exact) mass is 184 g/mol. The molecular formula is C7H12N4O2. The molecule has 0 amide bonds. The second kappa shape index (κ2) is 3.53. The van der Waals surface area contributed by atoms with Crippen molar-refractivity contribution in [2.75, 3.05) is 7.11 Å². The maximum absolute atomic E-state index is 8.78. The molecule has 1 N–H and O–H groups in total. The number of nitrogens with zero attached hydrogens (tertiary/aromatic N) is 4. The molecule has 6 nitrogen and oxygen atoms in total. The van der Waals surface area contributed by atoms with Gasteiger partial charge in [0.25, 0.3) is 0 Å². The van der Waals surface area contributed by atoms with E-state index in [1.54, 1.807) is 13.8 Å². The van der Waals surface area contributed by atoms with Crippen molar-refractivity contribution in [2.24, 2.45) is 5.16 Å². The van der Waals surface area contributed by atoms with E-state index in [0.717, 1.165) is 0 Å². The van der Waals surface area contributed by atoms with Crippen molar-refractivity contribution in [3.05, 3.63) is 12.7 Å². The van der Waals surface area contributed by atoms with Crippen molar-refractivity contribution in [2.45, 2.75) is 19.4 Å². The molecule has 1 heterocycles. The lowest BCUT2D eigenvalue weighted by Crippen LogP contribution is -2.39. The lowest BCUT2D eigenvalue weighted by molar-refractivity contribution is 0.0756. The first kappa shape index (κ1) is 9.66. The Morgan fingerprint density at radius 1 is 1.62 bits per heavy atom. The zero-order valence-corrected chi connectivity index (χ0v) is 7.80. The fraction of sp³-hybridized carbons (Fsp3) is 0.571. The third kappa shape index (κ3) is 1.83. The van der Waals surface area contributed by atoms with Gasteiger partial charge in [0.05, 0.1) is 0 Å². The summed E-state index contributed by atoms with van der Waals surface area (Å²) in [5.41, 5.74) is -0.706. The van der Waals surface area contributed by atoms with Gasteiger partial charge in [-0.1, -0.05) is 5.16 Å². The van der Waals surface area contributed by atoms with Gasteiger partial charge in [0.15, 0.2) is 0 Å². The minimum atomic E-state index is -0.706. The molecule has 1 aromatic rings. The number of hydrogen-bond acceptors (Lipinski definition) is 5. The van der Waals surface area contributed by atoms with Gasteiger partial charge in [-0.2, -0.15) is 5.10 Å². The fourth-order valence-corrected chi connectivity index (χ4v) is 0.851. The van der Waals surface area contributed by atoms with Gasteiger partial charge in [0, 0.05) is 7.11 Å². The van der Waals surface area contributed by atoms with Crippen LogP contribution in [-0.4, -0.2) is 38.5 Å². The number of aromatic nitrogens is 3. The summed E-state index contributed by atoms with van der Waals surface area (Å²) < 4.78 is 6.49. The van der Waals surface area contributed by atoms with Crippen LogP contribution in [0.2, 0.25) is 0 Å². The summed E-state index contributed by atoms with van der Waals surface area (Å²) >= 11 is 0. The Morgan fingerprint density at radius 3 is 2.69 bits per heavy atom. The molecule has 0 atom stereocenters. The lowest BCUT2D eigenvalue weighted by atomic mass is 10.1. The third-order valence-corrected chi connectivity index (χ3v) is 1.78. The van der Waals surface area contributed by atoms with Gasteiger partial charge in [-0.15, -0.1) is 0 Å². The predicted octanol–water partition coefficient (Wildman–Crippen LogP) is 0.339. The summed E-state index contributed by atoms with van der Waals surface area (Å²) in [6.07, 6.45) is 2.80. The molecule has 0 aromatic carbocycles. The number of hydrogen-bond donors (Lipinski definition) is 1.